The highest BCUT2D eigenvalue weighted by molar-refractivity contribution is 9.10. The Bertz CT molecular complexity index is 593. The maximum Gasteiger partial charge on any atom is 0.244 e. The van der Waals surface area contributed by atoms with Gasteiger partial charge in [-0.2, -0.15) is 0 Å². The summed E-state index contributed by atoms with van der Waals surface area (Å²) < 4.78 is 38.2. The van der Waals surface area contributed by atoms with E-state index in [0.717, 1.165) is 0 Å². The van der Waals surface area contributed by atoms with Crippen LogP contribution in [0.2, 0.25) is 0 Å². The molecule has 0 atom stereocenters. The number of hydrogen-bond donors (Lipinski definition) is 2. The minimum Gasteiger partial charge on any atom is -0.495 e. The Morgan fingerprint density at radius 3 is 2.19 bits per heavy atom. The van der Waals surface area contributed by atoms with Gasteiger partial charge in [-0.15, -0.1) is 12.4 Å². The van der Waals surface area contributed by atoms with E-state index >= 15 is 0 Å². The molecule has 0 unspecified atom stereocenters. The Balaban J connectivity index is 0.00000400. The van der Waals surface area contributed by atoms with E-state index in [4.69, 9.17) is 15.2 Å². The van der Waals surface area contributed by atoms with Gasteiger partial charge >= 0.3 is 0 Å². The second kappa shape index (κ2) is 7.64. The molecule has 0 aliphatic rings. The summed E-state index contributed by atoms with van der Waals surface area (Å²) in [7, 11) is -0.873. The fourth-order valence-corrected chi connectivity index (χ4v) is 3.76. The molecule has 0 saturated carbocycles. The summed E-state index contributed by atoms with van der Waals surface area (Å²) in [5.41, 5.74) is 4.80. The summed E-state index contributed by atoms with van der Waals surface area (Å²) in [6.45, 7) is 3.58. The first kappa shape index (κ1) is 20.5. The number of nitrogens with one attached hydrogen (secondary N) is 1. The van der Waals surface area contributed by atoms with Crippen LogP contribution in [0.4, 0.5) is 0 Å². The zero-order valence-corrected chi connectivity index (χ0v) is 15.5. The van der Waals surface area contributed by atoms with Gasteiger partial charge in [-0.05, 0) is 35.8 Å². The Morgan fingerprint density at radius 1 is 1.24 bits per heavy atom. The summed E-state index contributed by atoms with van der Waals surface area (Å²) in [6, 6.07) is 2.95. The first-order chi connectivity index (χ1) is 9.16. The van der Waals surface area contributed by atoms with Crippen molar-refractivity contribution in [2.24, 2.45) is 5.73 Å². The number of rotatable bonds is 6. The smallest absolute Gasteiger partial charge is 0.244 e. The van der Waals surface area contributed by atoms with Crippen LogP contribution in [0.15, 0.2) is 21.5 Å². The predicted molar refractivity (Wildman–Crippen MR) is 87.9 cm³/mol. The molecule has 0 spiro atoms. The van der Waals surface area contributed by atoms with E-state index in [-0.39, 0.29) is 29.6 Å². The van der Waals surface area contributed by atoms with Crippen LogP contribution >= 0.6 is 28.3 Å². The van der Waals surface area contributed by atoms with Gasteiger partial charge in [0, 0.05) is 18.2 Å². The third-order valence-corrected chi connectivity index (χ3v) is 4.99. The van der Waals surface area contributed by atoms with Gasteiger partial charge in [0.25, 0.3) is 0 Å². The number of nitrogens with two attached hydrogens (primary N) is 1. The van der Waals surface area contributed by atoms with Crippen LogP contribution < -0.4 is 19.9 Å². The molecule has 0 heterocycles. The number of benzene rings is 1. The molecule has 21 heavy (non-hydrogen) atoms. The van der Waals surface area contributed by atoms with E-state index in [0.29, 0.717) is 10.2 Å². The molecule has 1 rings (SSSR count). The van der Waals surface area contributed by atoms with E-state index in [1.807, 2.05) is 0 Å². The minimum atomic E-state index is -3.76. The zero-order valence-electron chi connectivity index (χ0n) is 12.3. The summed E-state index contributed by atoms with van der Waals surface area (Å²) in [5, 5.41) is 0. The van der Waals surface area contributed by atoms with Crippen LogP contribution in [0, 0.1) is 0 Å². The van der Waals surface area contributed by atoms with Crippen LogP contribution in [0.25, 0.3) is 0 Å². The SMILES string of the molecule is COc1cc(OC)c(S(=O)(=O)NC(C)(C)CN)cc1Br.Cl. The van der Waals surface area contributed by atoms with Crippen LogP contribution in [0.1, 0.15) is 13.8 Å². The van der Waals surface area contributed by atoms with Crippen LogP contribution in [0.5, 0.6) is 11.5 Å². The summed E-state index contributed by atoms with van der Waals surface area (Å²) in [6.07, 6.45) is 0. The minimum absolute atomic E-state index is 0. The van der Waals surface area contributed by atoms with E-state index in [1.54, 1.807) is 13.8 Å². The molecule has 1 aromatic carbocycles. The molecule has 9 heteroatoms. The van der Waals surface area contributed by atoms with Gasteiger partial charge in [0.15, 0.2) is 0 Å². The third-order valence-electron chi connectivity index (χ3n) is 2.65. The van der Waals surface area contributed by atoms with Crippen LogP contribution in [-0.4, -0.2) is 34.7 Å². The molecule has 0 radical (unpaired) electrons. The summed E-state index contributed by atoms with van der Waals surface area (Å²) in [5.74, 6) is 0.684. The number of methoxy groups -OCH3 is 2. The summed E-state index contributed by atoms with van der Waals surface area (Å²) in [4.78, 5) is 0.0224. The lowest BCUT2D eigenvalue weighted by molar-refractivity contribution is 0.383. The van der Waals surface area contributed by atoms with Crippen LogP contribution in [0.3, 0.4) is 0 Å². The van der Waals surface area contributed by atoms with Crippen molar-refractivity contribution in [2.45, 2.75) is 24.3 Å². The molecule has 0 fully saturated rings. The van der Waals surface area contributed by atoms with Gasteiger partial charge in [0.05, 0.1) is 18.7 Å². The molecule has 0 aliphatic carbocycles. The fraction of sp³-hybridized carbons (Fsp3) is 0.500. The average Bonchev–Trinajstić information content (AvgIpc) is 2.37. The van der Waals surface area contributed by atoms with E-state index in [9.17, 15) is 8.42 Å². The highest BCUT2D eigenvalue weighted by Gasteiger charge is 2.28. The van der Waals surface area contributed by atoms with Crippen molar-refractivity contribution in [3.05, 3.63) is 16.6 Å². The van der Waals surface area contributed by atoms with E-state index in [2.05, 4.69) is 20.7 Å². The van der Waals surface area contributed by atoms with Crippen molar-refractivity contribution in [2.75, 3.05) is 20.8 Å². The van der Waals surface area contributed by atoms with Gasteiger partial charge < -0.3 is 15.2 Å². The zero-order chi connectivity index (χ0) is 15.6. The molecule has 0 saturated heterocycles. The van der Waals surface area contributed by atoms with Crippen LogP contribution in [-0.2, 0) is 10.0 Å². The Morgan fingerprint density at radius 2 is 1.76 bits per heavy atom. The van der Waals surface area contributed by atoms with Gasteiger partial charge in [-0.25, -0.2) is 13.1 Å². The monoisotopic (exact) mass is 402 g/mol. The third kappa shape index (κ3) is 5.00. The molecule has 0 amide bonds. The Labute approximate surface area is 140 Å². The lowest BCUT2D eigenvalue weighted by Crippen LogP contribution is -2.48. The fourth-order valence-electron chi connectivity index (χ4n) is 1.50. The molecule has 122 valence electrons. The molecule has 6 nitrogen and oxygen atoms in total. The van der Waals surface area contributed by atoms with Crippen molar-refractivity contribution in [3.63, 3.8) is 0 Å². The molecule has 1 aromatic rings. The lowest BCUT2D eigenvalue weighted by Gasteiger charge is -2.24. The standard InChI is InChI=1S/C12H19BrN2O4S.ClH/c1-12(2,7-14)15-20(16,17)11-5-8(13)9(18-3)6-10(11)19-4;/h5-6,15H,7,14H2,1-4H3;1H. The number of ether oxygens (including phenoxy) is 2. The molecular weight excluding hydrogens is 384 g/mol. The van der Waals surface area contributed by atoms with Gasteiger partial charge in [0.2, 0.25) is 10.0 Å². The number of hydrogen-bond acceptors (Lipinski definition) is 5. The second-order valence-corrected chi connectivity index (χ2v) is 7.34. The maximum absolute atomic E-state index is 12.4. The molecule has 3 N–H and O–H groups in total. The Hall–Kier alpha value is -0.540. The topological polar surface area (TPSA) is 90.6 Å². The van der Waals surface area contributed by atoms with Crippen molar-refractivity contribution in [1.29, 1.82) is 0 Å². The number of sulfonamides is 1. The first-order valence-electron chi connectivity index (χ1n) is 5.82. The molecular formula is C12H20BrClN2O4S. The maximum atomic E-state index is 12.4. The van der Waals surface area contributed by atoms with E-state index < -0.39 is 15.6 Å². The molecule has 0 aliphatic heterocycles. The normalized spacial score (nSPS) is 11.7. The predicted octanol–water partition coefficient (Wildman–Crippen LogP) is 1.90. The highest BCUT2D eigenvalue weighted by Crippen LogP contribution is 2.35. The molecule has 0 aromatic heterocycles. The van der Waals surface area contributed by atoms with Crippen molar-refractivity contribution in [1.82, 2.24) is 4.72 Å². The van der Waals surface area contributed by atoms with Crippen molar-refractivity contribution >= 4 is 38.4 Å². The highest BCUT2D eigenvalue weighted by atomic mass is 79.9. The number of halogens is 2. The second-order valence-electron chi connectivity index (χ2n) is 4.83. The first-order valence-corrected chi connectivity index (χ1v) is 8.10. The average molecular weight is 404 g/mol. The lowest BCUT2D eigenvalue weighted by atomic mass is 10.1. The quantitative estimate of drug-likeness (QED) is 0.757. The van der Waals surface area contributed by atoms with E-state index in [1.165, 1.54) is 26.4 Å². The van der Waals surface area contributed by atoms with Gasteiger partial charge in [0.1, 0.15) is 16.4 Å². The van der Waals surface area contributed by atoms with Crippen molar-refractivity contribution < 1.29 is 17.9 Å². The van der Waals surface area contributed by atoms with Gasteiger partial charge in [-0.1, -0.05) is 0 Å². The Kier molecular flexibility index (Phi) is 7.44. The molecule has 0 bridgehead atoms. The largest absolute Gasteiger partial charge is 0.495 e. The van der Waals surface area contributed by atoms with Gasteiger partial charge in [-0.3, -0.25) is 0 Å². The van der Waals surface area contributed by atoms with Crippen molar-refractivity contribution in [3.8, 4) is 11.5 Å². The summed E-state index contributed by atoms with van der Waals surface area (Å²) >= 11 is 3.26.